The minimum atomic E-state index is -0.353. The highest BCUT2D eigenvalue weighted by Crippen LogP contribution is 2.37. The second kappa shape index (κ2) is 12.2. The van der Waals surface area contributed by atoms with Crippen LogP contribution in [-0.4, -0.2) is 35.7 Å². The molecule has 0 radical (unpaired) electrons. The second-order valence-electron chi connectivity index (χ2n) is 8.59. The highest BCUT2D eigenvalue weighted by molar-refractivity contribution is 14.1. The summed E-state index contributed by atoms with van der Waals surface area (Å²) < 4.78 is 11.9. The minimum absolute atomic E-state index is 0.215. The summed E-state index contributed by atoms with van der Waals surface area (Å²) in [5.74, 6) is 0.0971. The predicted octanol–water partition coefficient (Wildman–Crippen LogP) is 6.82. The van der Waals surface area contributed by atoms with Crippen molar-refractivity contribution in [3.63, 3.8) is 0 Å². The van der Waals surface area contributed by atoms with Crippen molar-refractivity contribution in [2.24, 2.45) is 0 Å². The standard InChI is InChI=1S/C28H24ClIN2O5S/c1-16-4-7-18(8-5-16)14-32-27(34)24(38-28(32)35)12-19-10-22(30)26(23(11-19)36-3)37-15-25(33)31-20-9-6-17(2)21(29)13-20/h4-13H,14-15H2,1-3H3,(H,31,33)/b24-12-. The number of nitrogens with one attached hydrogen (secondary N) is 1. The van der Waals surface area contributed by atoms with E-state index in [1.54, 1.807) is 30.3 Å². The van der Waals surface area contributed by atoms with Crippen LogP contribution in [0.25, 0.3) is 6.08 Å². The number of thioether (sulfide) groups is 1. The van der Waals surface area contributed by atoms with Gasteiger partial charge < -0.3 is 14.8 Å². The SMILES string of the molecule is COc1cc(/C=C2\SC(=O)N(Cc3ccc(C)cc3)C2=O)cc(I)c1OCC(=O)Nc1ccc(C)c(Cl)c1. The molecule has 1 fully saturated rings. The van der Waals surface area contributed by atoms with Gasteiger partial charge in [-0.15, -0.1) is 0 Å². The van der Waals surface area contributed by atoms with Gasteiger partial charge in [-0.3, -0.25) is 19.3 Å². The van der Waals surface area contributed by atoms with Crippen molar-refractivity contribution < 1.29 is 23.9 Å². The largest absolute Gasteiger partial charge is 0.493 e. The number of methoxy groups -OCH3 is 1. The van der Waals surface area contributed by atoms with E-state index in [1.165, 1.54) is 12.0 Å². The topological polar surface area (TPSA) is 84.9 Å². The van der Waals surface area contributed by atoms with Crippen LogP contribution in [-0.2, 0) is 16.1 Å². The quantitative estimate of drug-likeness (QED) is 0.211. The van der Waals surface area contributed by atoms with E-state index in [1.807, 2.05) is 44.2 Å². The normalized spacial score (nSPS) is 14.2. The molecule has 1 aliphatic heterocycles. The number of rotatable bonds is 8. The first kappa shape index (κ1) is 28.0. The van der Waals surface area contributed by atoms with Crippen LogP contribution < -0.4 is 14.8 Å². The van der Waals surface area contributed by atoms with Gasteiger partial charge in [-0.1, -0.05) is 47.5 Å². The third-order valence-electron chi connectivity index (χ3n) is 5.69. The number of aryl methyl sites for hydroxylation is 2. The molecule has 10 heteroatoms. The van der Waals surface area contributed by atoms with Crippen LogP contribution in [0.3, 0.4) is 0 Å². The maximum atomic E-state index is 13.0. The number of nitrogens with zero attached hydrogens (tertiary/aromatic N) is 1. The van der Waals surface area contributed by atoms with Gasteiger partial charge in [0.2, 0.25) is 0 Å². The Morgan fingerprint density at radius 2 is 1.84 bits per heavy atom. The highest BCUT2D eigenvalue weighted by Gasteiger charge is 2.35. The third kappa shape index (κ3) is 6.69. The van der Waals surface area contributed by atoms with Gasteiger partial charge in [0, 0.05) is 10.7 Å². The van der Waals surface area contributed by atoms with E-state index < -0.39 is 0 Å². The fourth-order valence-corrected chi connectivity index (χ4v) is 5.43. The molecule has 196 valence electrons. The molecular formula is C28H24ClIN2O5S. The Balaban J connectivity index is 1.45. The zero-order valence-electron chi connectivity index (χ0n) is 20.8. The Hall–Kier alpha value is -3.02. The Morgan fingerprint density at radius 3 is 2.53 bits per heavy atom. The van der Waals surface area contributed by atoms with E-state index >= 15 is 0 Å². The lowest BCUT2D eigenvalue weighted by atomic mass is 10.1. The molecule has 0 aliphatic carbocycles. The molecule has 1 aliphatic rings. The van der Waals surface area contributed by atoms with Crippen molar-refractivity contribution in [2.45, 2.75) is 20.4 Å². The van der Waals surface area contributed by atoms with E-state index in [2.05, 4.69) is 27.9 Å². The molecular weight excluding hydrogens is 639 g/mol. The van der Waals surface area contributed by atoms with Gasteiger partial charge in [0.15, 0.2) is 18.1 Å². The van der Waals surface area contributed by atoms with Crippen molar-refractivity contribution >= 4 is 74.8 Å². The van der Waals surface area contributed by atoms with E-state index in [9.17, 15) is 14.4 Å². The molecule has 3 amide bonds. The number of ether oxygens (including phenoxy) is 2. The molecule has 0 atom stereocenters. The molecule has 1 N–H and O–H groups in total. The lowest BCUT2D eigenvalue weighted by molar-refractivity contribution is -0.123. The maximum Gasteiger partial charge on any atom is 0.293 e. The van der Waals surface area contributed by atoms with Crippen LogP contribution in [0.15, 0.2) is 59.5 Å². The fourth-order valence-electron chi connectivity index (χ4n) is 3.63. The number of benzene rings is 3. The molecule has 3 aromatic rings. The van der Waals surface area contributed by atoms with Gasteiger partial charge in [-0.05, 0) is 95.2 Å². The highest BCUT2D eigenvalue weighted by atomic mass is 127. The average molecular weight is 663 g/mol. The summed E-state index contributed by atoms with van der Waals surface area (Å²) >= 11 is 9.10. The summed E-state index contributed by atoms with van der Waals surface area (Å²) in [6, 6.07) is 16.5. The van der Waals surface area contributed by atoms with Crippen LogP contribution in [0.5, 0.6) is 11.5 Å². The Bertz CT molecular complexity index is 1440. The summed E-state index contributed by atoms with van der Waals surface area (Å²) in [5, 5.41) is 3.00. The van der Waals surface area contributed by atoms with Crippen molar-refractivity contribution in [3.8, 4) is 11.5 Å². The van der Waals surface area contributed by atoms with Crippen LogP contribution >= 0.6 is 46.0 Å². The van der Waals surface area contributed by atoms with Crippen molar-refractivity contribution in [3.05, 3.63) is 90.3 Å². The number of hydrogen-bond donors (Lipinski definition) is 1. The van der Waals surface area contributed by atoms with Gasteiger partial charge in [0.1, 0.15) is 0 Å². The Kier molecular flexibility index (Phi) is 9.01. The molecule has 0 unspecified atom stereocenters. The zero-order valence-corrected chi connectivity index (χ0v) is 24.6. The molecule has 1 saturated heterocycles. The average Bonchev–Trinajstić information content (AvgIpc) is 3.13. The molecule has 38 heavy (non-hydrogen) atoms. The van der Waals surface area contributed by atoms with Crippen LogP contribution in [0.2, 0.25) is 5.02 Å². The van der Waals surface area contributed by atoms with Crippen LogP contribution in [0, 0.1) is 17.4 Å². The first-order valence-electron chi connectivity index (χ1n) is 11.5. The summed E-state index contributed by atoms with van der Waals surface area (Å²) in [5.41, 5.74) is 4.14. The van der Waals surface area contributed by atoms with Crippen molar-refractivity contribution in [2.75, 3.05) is 19.0 Å². The van der Waals surface area contributed by atoms with Crippen molar-refractivity contribution in [1.29, 1.82) is 0 Å². The van der Waals surface area contributed by atoms with E-state index in [4.69, 9.17) is 21.1 Å². The van der Waals surface area contributed by atoms with Gasteiger partial charge in [-0.2, -0.15) is 0 Å². The summed E-state index contributed by atoms with van der Waals surface area (Å²) in [6.45, 7) is 3.84. The third-order valence-corrected chi connectivity index (χ3v) is 7.80. The van der Waals surface area contributed by atoms with E-state index in [0.29, 0.717) is 36.2 Å². The van der Waals surface area contributed by atoms with E-state index in [0.717, 1.165) is 28.5 Å². The lowest BCUT2D eigenvalue weighted by Gasteiger charge is -2.14. The fraction of sp³-hybridized carbons (Fsp3) is 0.179. The minimum Gasteiger partial charge on any atom is -0.493 e. The molecule has 0 bridgehead atoms. The molecule has 3 aromatic carbocycles. The van der Waals surface area contributed by atoms with Crippen molar-refractivity contribution in [1.82, 2.24) is 4.90 Å². The maximum absolute atomic E-state index is 13.0. The summed E-state index contributed by atoms with van der Waals surface area (Å²) in [7, 11) is 1.49. The summed E-state index contributed by atoms with van der Waals surface area (Å²) in [4.78, 5) is 39.5. The number of halogens is 2. The zero-order chi connectivity index (χ0) is 27.4. The van der Waals surface area contributed by atoms with Crippen LogP contribution in [0.1, 0.15) is 22.3 Å². The monoisotopic (exact) mass is 662 g/mol. The number of carbonyl (C=O) groups is 3. The van der Waals surface area contributed by atoms with Gasteiger partial charge >= 0.3 is 0 Å². The lowest BCUT2D eigenvalue weighted by Crippen LogP contribution is -2.27. The number of amides is 3. The molecule has 1 heterocycles. The predicted molar refractivity (Wildman–Crippen MR) is 159 cm³/mol. The van der Waals surface area contributed by atoms with Gasteiger partial charge in [0.25, 0.3) is 17.1 Å². The summed E-state index contributed by atoms with van der Waals surface area (Å²) in [6.07, 6.45) is 1.66. The van der Waals surface area contributed by atoms with Gasteiger partial charge in [-0.25, -0.2) is 0 Å². The number of hydrogen-bond acceptors (Lipinski definition) is 6. The Morgan fingerprint density at radius 1 is 1.11 bits per heavy atom. The molecule has 4 rings (SSSR count). The second-order valence-corrected chi connectivity index (χ2v) is 11.2. The smallest absolute Gasteiger partial charge is 0.293 e. The molecule has 0 aromatic heterocycles. The molecule has 7 nitrogen and oxygen atoms in total. The first-order chi connectivity index (χ1) is 18.1. The van der Waals surface area contributed by atoms with E-state index in [-0.39, 0.29) is 30.2 Å². The number of anilines is 1. The Labute approximate surface area is 243 Å². The number of carbonyl (C=O) groups excluding carboxylic acids is 3. The number of imide groups is 1. The van der Waals surface area contributed by atoms with Gasteiger partial charge in [0.05, 0.1) is 22.1 Å². The molecule has 0 spiro atoms. The molecule has 0 saturated carbocycles. The first-order valence-corrected chi connectivity index (χ1v) is 13.8. The van der Waals surface area contributed by atoms with Crippen LogP contribution in [0.4, 0.5) is 10.5 Å².